The number of unbranched alkanes of at least 4 members (excludes halogenated alkanes) is 26. The van der Waals surface area contributed by atoms with Crippen molar-refractivity contribution in [2.24, 2.45) is 0 Å². The van der Waals surface area contributed by atoms with E-state index in [-0.39, 0.29) is 11.5 Å². The molecule has 294 valence electrons. The minimum atomic E-state index is -0.354. The SMILES string of the molecule is CCCCCCCCCCCCCCCCOCC(CN1CCC(C#N)(c2ccccc2)CC1)OCCCCCCCCCCCCCCCC. The van der Waals surface area contributed by atoms with Crippen LogP contribution in [0.3, 0.4) is 0 Å². The van der Waals surface area contributed by atoms with E-state index in [1.165, 1.54) is 173 Å². The first-order valence-corrected chi connectivity index (χ1v) is 22.6. The van der Waals surface area contributed by atoms with Gasteiger partial charge in [0, 0.05) is 32.8 Å². The molecule has 2 rings (SSSR count). The third-order valence-corrected chi connectivity index (χ3v) is 11.5. The fourth-order valence-corrected chi connectivity index (χ4v) is 7.94. The molecule has 0 amide bonds. The van der Waals surface area contributed by atoms with E-state index in [1.807, 2.05) is 6.07 Å². The molecule has 0 saturated carbocycles. The van der Waals surface area contributed by atoms with Crippen molar-refractivity contribution in [1.29, 1.82) is 5.26 Å². The van der Waals surface area contributed by atoms with E-state index in [0.717, 1.165) is 58.5 Å². The Bertz CT molecular complexity index is 907. The molecule has 1 saturated heterocycles. The first-order chi connectivity index (χ1) is 25.2. The van der Waals surface area contributed by atoms with Crippen molar-refractivity contribution >= 4 is 0 Å². The van der Waals surface area contributed by atoms with Gasteiger partial charge in [-0.25, -0.2) is 0 Å². The zero-order valence-electron chi connectivity index (χ0n) is 34.1. The smallest absolute Gasteiger partial charge is 0.0934 e. The zero-order valence-corrected chi connectivity index (χ0v) is 34.1. The maximum Gasteiger partial charge on any atom is 0.0934 e. The van der Waals surface area contributed by atoms with Crippen LogP contribution in [0.2, 0.25) is 0 Å². The van der Waals surface area contributed by atoms with E-state index in [1.54, 1.807) is 0 Å². The summed E-state index contributed by atoms with van der Waals surface area (Å²) in [7, 11) is 0. The topological polar surface area (TPSA) is 45.5 Å². The molecule has 1 aliphatic heterocycles. The van der Waals surface area contributed by atoms with Gasteiger partial charge in [-0.1, -0.05) is 211 Å². The van der Waals surface area contributed by atoms with Crippen LogP contribution in [-0.2, 0) is 14.9 Å². The molecule has 1 unspecified atom stereocenters. The number of hydrogen-bond acceptors (Lipinski definition) is 4. The molecule has 1 atom stereocenters. The first-order valence-electron chi connectivity index (χ1n) is 22.6. The molecular formula is C47H84N2O2. The molecule has 1 aromatic rings. The molecule has 0 radical (unpaired) electrons. The maximum absolute atomic E-state index is 10.2. The van der Waals surface area contributed by atoms with Crippen LogP contribution in [0.4, 0.5) is 0 Å². The molecule has 1 aliphatic rings. The van der Waals surface area contributed by atoms with E-state index in [2.05, 4.69) is 49.1 Å². The lowest BCUT2D eigenvalue weighted by Crippen LogP contribution is -2.46. The van der Waals surface area contributed by atoms with Crippen LogP contribution < -0.4 is 0 Å². The molecule has 1 aromatic carbocycles. The van der Waals surface area contributed by atoms with E-state index in [0.29, 0.717) is 6.61 Å². The highest BCUT2D eigenvalue weighted by molar-refractivity contribution is 5.33. The molecular weight excluding hydrogens is 625 g/mol. The summed E-state index contributed by atoms with van der Waals surface area (Å²) in [6, 6.07) is 13.1. The summed E-state index contributed by atoms with van der Waals surface area (Å²) in [6.07, 6.45) is 40.6. The van der Waals surface area contributed by atoms with Gasteiger partial charge in [0.25, 0.3) is 0 Å². The van der Waals surface area contributed by atoms with Crippen LogP contribution in [0.15, 0.2) is 30.3 Å². The molecule has 0 aromatic heterocycles. The summed E-state index contributed by atoms with van der Waals surface area (Å²) in [5, 5.41) is 10.2. The fourth-order valence-electron chi connectivity index (χ4n) is 7.94. The Morgan fingerprint density at radius 3 is 1.37 bits per heavy atom. The summed E-state index contributed by atoms with van der Waals surface area (Å²) in [5.74, 6) is 0. The fraction of sp³-hybridized carbons (Fsp3) is 0.851. The summed E-state index contributed by atoms with van der Waals surface area (Å²) >= 11 is 0. The number of nitriles is 1. The first kappa shape index (κ1) is 45.7. The number of piperidine rings is 1. The second-order valence-corrected chi connectivity index (χ2v) is 16.1. The van der Waals surface area contributed by atoms with E-state index >= 15 is 0 Å². The highest BCUT2D eigenvalue weighted by atomic mass is 16.5. The Balaban J connectivity index is 1.58. The van der Waals surface area contributed by atoms with Gasteiger partial charge in [0.05, 0.1) is 24.2 Å². The normalized spacial score (nSPS) is 15.2. The number of hydrogen-bond donors (Lipinski definition) is 0. The lowest BCUT2D eigenvalue weighted by atomic mass is 9.74. The molecule has 0 spiro atoms. The van der Waals surface area contributed by atoms with Crippen LogP contribution in [-0.4, -0.2) is 50.5 Å². The molecule has 1 fully saturated rings. The molecule has 0 N–H and O–H groups in total. The van der Waals surface area contributed by atoms with Gasteiger partial charge >= 0.3 is 0 Å². The molecule has 4 heteroatoms. The number of rotatable bonds is 36. The van der Waals surface area contributed by atoms with E-state index in [4.69, 9.17) is 9.47 Å². The molecule has 4 nitrogen and oxygen atoms in total. The zero-order chi connectivity index (χ0) is 36.3. The number of ether oxygens (including phenoxy) is 2. The summed E-state index contributed by atoms with van der Waals surface area (Å²) in [4.78, 5) is 2.52. The van der Waals surface area contributed by atoms with Gasteiger partial charge in [-0.15, -0.1) is 0 Å². The number of likely N-dealkylation sites (tertiary alicyclic amines) is 1. The van der Waals surface area contributed by atoms with Crippen molar-refractivity contribution in [3.63, 3.8) is 0 Å². The number of nitrogens with zero attached hydrogens (tertiary/aromatic N) is 2. The van der Waals surface area contributed by atoms with Crippen molar-refractivity contribution in [2.45, 2.75) is 218 Å². The van der Waals surface area contributed by atoms with Crippen molar-refractivity contribution in [2.75, 3.05) is 39.5 Å². The maximum atomic E-state index is 10.2. The summed E-state index contributed by atoms with van der Waals surface area (Å²) < 4.78 is 12.8. The number of benzene rings is 1. The Labute approximate surface area is 318 Å². The van der Waals surface area contributed by atoms with Gasteiger partial charge in [-0.05, 0) is 31.2 Å². The van der Waals surface area contributed by atoms with Crippen LogP contribution in [0.1, 0.15) is 212 Å². The quantitative estimate of drug-likeness (QED) is 0.0651. The molecule has 51 heavy (non-hydrogen) atoms. The lowest BCUT2D eigenvalue weighted by molar-refractivity contribution is -0.0379. The van der Waals surface area contributed by atoms with Crippen LogP contribution in [0.25, 0.3) is 0 Å². The Morgan fingerprint density at radius 2 is 0.961 bits per heavy atom. The van der Waals surface area contributed by atoms with Gasteiger partial charge in [-0.3, -0.25) is 0 Å². The van der Waals surface area contributed by atoms with Gasteiger partial charge < -0.3 is 14.4 Å². The standard InChI is InChI=1S/C47H84N2O2/c1-3-5-7-9-11-13-15-17-19-21-23-25-27-32-40-50-43-46(42-49-38-36-47(44-48,37-39-49)45-34-30-29-31-35-45)51-41-33-28-26-24-22-20-18-16-14-12-10-8-6-4-2/h29-31,34-35,46H,3-28,32-33,36-43H2,1-2H3. The largest absolute Gasteiger partial charge is 0.379 e. The summed E-state index contributed by atoms with van der Waals surface area (Å²) in [6.45, 7) is 9.77. The lowest BCUT2D eigenvalue weighted by Gasteiger charge is -2.38. The summed E-state index contributed by atoms with van der Waals surface area (Å²) in [5.41, 5.74) is 0.821. The van der Waals surface area contributed by atoms with Gasteiger partial charge in [0.15, 0.2) is 0 Å². The third-order valence-electron chi connectivity index (χ3n) is 11.5. The predicted octanol–water partition coefficient (Wildman–Crippen LogP) is 13.9. The third kappa shape index (κ3) is 23.8. The Hall–Kier alpha value is -1.41. The minimum Gasteiger partial charge on any atom is -0.379 e. The monoisotopic (exact) mass is 709 g/mol. The molecule has 0 bridgehead atoms. The van der Waals surface area contributed by atoms with Crippen LogP contribution >= 0.6 is 0 Å². The van der Waals surface area contributed by atoms with E-state index < -0.39 is 0 Å². The van der Waals surface area contributed by atoms with Crippen molar-refractivity contribution in [3.05, 3.63) is 35.9 Å². The average molecular weight is 709 g/mol. The van der Waals surface area contributed by atoms with Crippen molar-refractivity contribution < 1.29 is 9.47 Å². The average Bonchev–Trinajstić information content (AvgIpc) is 3.16. The van der Waals surface area contributed by atoms with Crippen molar-refractivity contribution in [3.8, 4) is 6.07 Å². The van der Waals surface area contributed by atoms with Crippen LogP contribution in [0, 0.1) is 11.3 Å². The van der Waals surface area contributed by atoms with Gasteiger partial charge in [0.1, 0.15) is 0 Å². The second-order valence-electron chi connectivity index (χ2n) is 16.1. The Morgan fingerprint density at radius 1 is 0.569 bits per heavy atom. The second kappa shape index (κ2) is 33.2. The Kier molecular flexibility index (Phi) is 29.8. The van der Waals surface area contributed by atoms with Crippen LogP contribution in [0.5, 0.6) is 0 Å². The minimum absolute atomic E-state index is 0.116. The highest BCUT2D eigenvalue weighted by Gasteiger charge is 2.36. The van der Waals surface area contributed by atoms with Gasteiger partial charge in [0.2, 0.25) is 0 Å². The predicted molar refractivity (Wildman–Crippen MR) is 221 cm³/mol. The van der Waals surface area contributed by atoms with E-state index in [9.17, 15) is 5.26 Å². The molecule has 0 aliphatic carbocycles. The van der Waals surface area contributed by atoms with Crippen molar-refractivity contribution in [1.82, 2.24) is 4.90 Å². The molecule has 1 heterocycles. The highest BCUT2D eigenvalue weighted by Crippen LogP contribution is 2.35. The van der Waals surface area contributed by atoms with Gasteiger partial charge in [-0.2, -0.15) is 5.26 Å².